The van der Waals surface area contributed by atoms with Gasteiger partial charge in [0.2, 0.25) is 0 Å². The number of hydrogen-bond acceptors (Lipinski definition) is 3. The van der Waals surface area contributed by atoms with Gasteiger partial charge in [0.25, 0.3) is 0 Å². The van der Waals surface area contributed by atoms with Gasteiger partial charge in [-0.25, -0.2) is 4.79 Å². The molecule has 2 N–H and O–H groups in total. The normalized spacial score (nSPS) is 18.2. The lowest BCUT2D eigenvalue weighted by molar-refractivity contribution is -0.145. The van der Waals surface area contributed by atoms with Crippen molar-refractivity contribution in [3.8, 4) is 0 Å². The number of carbonyl (C=O) groups excluding carboxylic acids is 1. The first-order valence-corrected chi connectivity index (χ1v) is 7.69. The van der Waals surface area contributed by atoms with Crippen molar-refractivity contribution in [3.05, 3.63) is 35.4 Å². The fraction of sp³-hybridized carbons (Fsp3) is 0.562. The Bertz CT molecular complexity index is 572. The first-order valence-electron chi connectivity index (χ1n) is 7.69. The third kappa shape index (κ3) is 5.10. The second-order valence-corrected chi connectivity index (χ2v) is 5.83. The summed E-state index contributed by atoms with van der Waals surface area (Å²) < 4.78 is 49.0. The van der Waals surface area contributed by atoms with Crippen molar-refractivity contribution < 1.29 is 27.4 Å². The molecule has 1 heterocycles. The molecule has 1 aliphatic heterocycles. The summed E-state index contributed by atoms with van der Waals surface area (Å²) in [6, 6.07) is 3.89. The third-order valence-corrected chi connectivity index (χ3v) is 3.82. The third-order valence-electron chi connectivity index (χ3n) is 3.82. The summed E-state index contributed by atoms with van der Waals surface area (Å²) in [5.41, 5.74) is -0.355. The van der Waals surface area contributed by atoms with Crippen LogP contribution in [0.3, 0.4) is 0 Å². The molecule has 1 aromatic rings. The van der Waals surface area contributed by atoms with Gasteiger partial charge in [0.1, 0.15) is 0 Å². The molecule has 8 heteroatoms. The highest BCUT2D eigenvalue weighted by Crippen LogP contribution is 2.30. The predicted octanol–water partition coefficient (Wildman–Crippen LogP) is 3.22. The van der Waals surface area contributed by atoms with E-state index in [0.29, 0.717) is 31.7 Å². The number of amides is 2. The quantitative estimate of drug-likeness (QED) is 0.861. The molecule has 24 heavy (non-hydrogen) atoms. The topological polar surface area (TPSA) is 59.6 Å². The molecule has 2 rings (SSSR count). The fourth-order valence-corrected chi connectivity index (χ4v) is 2.42. The number of alkyl halides is 3. The Balaban J connectivity index is 1.83. The van der Waals surface area contributed by atoms with Gasteiger partial charge in [0, 0.05) is 13.0 Å². The van der Waals surface area contributed by atoms with Crippen LogP contribution in [0.25, 0.3) is 0 Å². The largest absolute Gasteiger partial charge is 0.416 e. The second kappa shape index (κ2) is 7.40. The monoisotopic (exact) mass is 346 g/mol. The Morgan fingerprint density at radius 1 is 1.33 bits per heavy atom. The van der Waals surface area contributed by atoms with Gasteiger partial charge in [0.15, 0.2) is 5.79 Å². The van der Waals surface area contributed by atoms with Crippen LogP contribution < -0.4 is 10.6 Å². The summed E-state index contributed by atoms with van der Waals surface area (Å²) in [5.74, 6) is -0.695. The number of hydrogen-bond donors (Lipinski definition) is 2. The molecule has 0 bridgehead atoms. The Morgan fingerprint density at radius 2 is 2.00 bits per heavy atom. The maximum absolute atomic E-state index is 12.7. The number of ether oxygens (including phenoxy) is 2. The lowest BCUT2D eigenvalue weighted by Crippen LogP contribution is -2.40. The minimum atomic E-state index is -4.41. The molecule has 134 valence electrons. The predicted molar refractivity (Wildman–Crippen MR) is 81.3 cm³/mol. The van der Waals surface area contributed by atoms with Crippen LogP contribution in [0, 0.1) is 0 Å². The summed E-state index contributed by atoms with van der Waals surface area (Å²) in [4.78, 5) is 11.9. The summed E-state index contributed by atoms with van der Waals surface area (Å²) in [6.07, 6.45) is -3.92. The second-order valence-electron chi connectivity index (χ2n) is 5.83. The minimum absolute atomic E-state index is 0.331. The van der Waals surface area contributed by atoms with E-state index in [1.165, 1.54) is 6.07 Å². The summed E-state index contributed by atoms with van der Waals surface area (Å²) in [7, 11) is 0. The molecule has 5 nitrogen and oxygen atoms in total. The SMILES string of the molecule is CC(NC(=O)NCCC1(C)OCCO1)c1cccc(C(F)(F)F)c1. The van der Waals surface area contributed by atoms with Gasteiger partial charge < -0.3 is 20.1 Å². The molecule has 1 unspecified atom stereocenters. The van der Waals surface area contributed by atoms with E-state index in [0.717, 1.165) is 12.1 Å². The molecule has 0 spiro atoms. The van der Waals surface area contributed by atoms with Gasteiger partial charge in [-0.05, 0) is 31.5 Å². The van der Waals surface area contributed by atoms with Crippen molar-refractivity contribution >= 4 is 6.03 Å². The highest BCUT2D eigenvalue weighted by Gasteiger charge is 2.31. The van der Waals surface area contributed by atoms with Crippen LogP contribution in [0.4, 0.5) is 18.0 Å². The van der Waals surface area contributed by atoms with E-state index in [2.05, 4.69) is 10.6 Å². The molecule has 2 amide bonds. The maximum Gasteiger partial charge on any atom is 0.416 e. The van der Waals surface area contributed by atoms with Gasteiger partial charge in [-0.2, -0.15) is 13.2 Å². The maximum atomic E-state index is 12.7. The number of halogens is 3. The van der Waals surface area contributed by atoms with Crippen molar-refractivity contribution in [2.45, 2.75) is 38.3 Å². The first-order chi connectivity index (χ1) is 11.2. The van der Waals surface area contributed by atoms with Crippen molar-refractivity contribution in [3.63, 3.8) is 0 Å². The molecule has 1 aliphatic rings. The standard InChI is InChI=1S/C16H21F3N2O3/c1-11(12-4-3-5-13(10-12)16(17,18)19)21-14(22)20-7-6-15(2)23-8-9-24-15/h3-5,10-11H,6-9H2,1-2H3,(H2,20,21,22). The highest BCUT2D eigenvalue weighted by atomic mass is 19.4. The van der Waals surface area contributed by atoms with Crippen LogP contribution in [0.1, 0.15) is 37.4 Å². The van der Waals surface area contributed by atoms with Crippen LogP contribution >= 0.6 is 0 Å². The Kier molecular flexibility index (Phi) is 5.71. The van der Waals surface area contributed by atoms with E-state index in [-0.39, 0.29) is 0 Å². The van der Waals surface area contributed by atoms with E-state index >= 15 is 0 Å². The number of benzene rings is 1. The molecular formula is C16H21F3N2O3. The molecular weight excluding hydrogens is 325 g/mol. The highest BCUT2D eigenvalue weighted by molar-refractivity contribution is 5.74. The molecule has 1 fully saturated rings. The first kappa shape index (κ1) is 18.5. The minimum Gasteiger partial charge on any atom is -0.348 e. The van der Waals surface area contributed by atoms with E-state index in [1.54, 1.807) is 19.9 Å². The van der Waals surface area contributed by atoms with Gasteiger partial charge >= 0.3 is 12.2 Å². The Morgan fingerprint density at radius 3 is 2.62 bits per heavy atom. The van der Waals surface area contributed by atoms with E-state index in [9.17, 15) is 18.0 Å². The van der Waals surface area contributed by atoms with Crippen LogP contribution in [0.5, 0.6) is 0 Å². The average molecular weight is 346 g/mol. The molecule has 1 aromatic carbocycles. The molecule has 0 saturated carbocycles. The number of urea groups is 1. The zero-order valence-corrected chi connectivity index (χ0v) is 13.6. The smallest absolute Gasteiger partial charge is 0.348 e. The molecule has 0 aromatic heterocycles. The fourth-order valence-electron chi connectivity index (χ4n) is 2.42. The lowest BCUT2D eigenvalue weighted by Gasteiger charge is -2.22. The van der Waals surface area contributed by atoms with Crippen molar-refractivity contribution in [1.82, 2.24) is 10.6 Å². The number of rotatable bonds is 5. The summed E-state index contributed by atoms with van der Waals surface area (Å²) in [5, 5.41) is 5.26. The zero-order chi connectivity index (χ0) is 17.8. The van der Waals surface area contributed by atoms with Crippen molar-refractivity contribution in [1.29, 1.82) is 0 Å². The van der Waals surface area contributed by atoms with Crippen LogP contribution in [0.15, 0.2) is 24.3 Å². The molecule has 1 saturated heterocycles. The lowest BCUT2D eigenvalue weighted by atomic mass is 10.1. The van der Waals surface area contributed by atoms with Gasteiger partial charge in [-0.3, -0.25) is 0 Å². The molecule has 0 radical (unpaired) electrons. The van der Waals surface area contributed by atoms with Crippen molar-refractivity contribution in [2.24, 2.45) is 0 Å². The van der Waals surface area contributed by atoms with E-state index in [4.69, 9.17) is 9.47 Å². The Labute approximate surface area is 138 Å². The van der Waals surface area contributed by atoms with Gasteiger partial charge in [-0.15, -0.1) is 0 Å². The van der Waals surface area contributed by atoms with Gasteiger partial charge in [-0.1, -0.05) is 12.1 Å². The molecule has 1 atom stereocenters. The number of nitrogens with one attached hydrogen (secondary N) is 2. The number of carbonyl (C=O) groups is 1. The van der Waals surface area contributed by atoms with Crippen molar-refractivity contribution in [2.75, 3.05) is 19.8 Å². The summed E-state index contributed by atoms with van der Waals surface area (Å²) in [6.45, 7) is 4.80. The molecule has 0 aliphatic carbocycles. The van der Waals surface area contributed by atoms with Gasteiger partial charge in [0.05, 0.1) is 24.8 Å². The van der Waals surface area contributed by atoms with Crippen LogP contribution in [-0.4, -0.2) is 31.6 Å². The zero-order valence-electron chi connectivity index (χ0n) is 13.6. The van der Waals surface area contributed by atoms with Crippen LogP contribution in [-0.2, 0) is 15.7 Å². The van der Waals surface area contributed by atoms with E-state index < -0.39 is 29.6 Å². The van der Waals surface area contributed by atoms with E-state index in [1.807, 2.05) is 0 Å². The summed E-state index contributed by atoms with van der Waals surface area (Å²) >= 11 is 0. The van der Waals surface area contributed by atoms with Crippen LogP contribution in [0.2, 0.25) is 0 Å². The average Bonchev–Trinajstić information content (AvgIpc) is 2.93. The Hall–Kier alpha value is -1.80.